The second-order valence-corrected chi connectivity index (χ2v) is 5.08. The van der Waals surface area contributed by atoms with Crippen LogP contribution in [0.25, 0.3) is 0 Å². The largest absolute Gasteiger partial charge is 0.342 e. The average molecular weight is 226 g/mol. The van der Waals surface area contributed by atoms with E-state index in [4.69, 9.17) is 5.73 Å². The molecule has 2 unspecified atom stereocenters. The van der Waals surface area contributed by atoms with E-state index in [0.717, 1.165) is 44.7 Å². The molecule has 94 valence electrons. The van der Waals surface area contributed by atoms with Gasteiger partial charge in [-0.25, -0.2) is 0 Å². The molecule has 0 spiro atoms. The maximum atomic E-state index is 12.2. The van der Waals surface area contributed by atoms with E-state index < -0.39 is 0 Å². The van der Waals surface area contributed by atoms with Crippen molar-refractivity contribution in [2.75, 3.05) is 19.6 Å². The average Bonchev–Trinajstić information content (AvgIpc) is 2.50. The van der Waals surface area contributed by atoms with Gasteiger partial charge in [0.2, 0.25) is 5.91 Å². The van der Waals surface area contributed by atoms with Gasteiger partial charge in [-0.2, -0.15) is 0 Å². The first kappa shape index (κ1) is 13.5. The molecule has 16 heavy (non-hydrogen) atoms. The van der Waals surface area contributed by atoms with Crippen LogP contribution in [0.5, 0.6) is 0 Å². The summed E-state index contributed by atoms with van der Waals surface area (Å²) in [4.78, 5) is 14.3. The topological polar surface area (TPSA) is 46.3 Å². The molecular formula is C13H26N2O. The number of hydrogen-bond donors (Lipinski definition) is 1. The second-order valence-electron chi connectivity index (χ2n) is 5.08. The highest BCUT2D eigenvalue weighted by Gasteiger charge is 2.24. The fourth-order valence-electron chi connectivity index (χ4n) is 2.43. The molecule has 1 amide bonds. The van der Waals surface area contributed by atoms with Gasteiger partial charge in [0.15, 0.2) is 0 Å². The van der Waals surface area contributed by atoms with Gasteiger partial charge in [0.1, 0.15) is 0 Å². The third-order valence-corrected chi connectivity index (χ3v) is 3.60. The highest BCUT2D eigenvalue weighted by molar-refractivity contribution is 5.79. The van der Waals surface area contributed by atoms with E-state index in [9.17, 15) is 4.79 Å². The van der Waals surface area contributed by atoms with Crippen molar-refractivity contribution < 1.29 is 4.79 Å². The number of rotatable bonds is 4. The number of hydrogen-bond acceptors (Lipinski definition) is 2. The molecule has 0 aromatic heterocycles. The fraction of sp³-hybridized carbons (Fsp3) is 0.923. The molecule has 1 saturated heterocycles. The lowest BCUT2D eigenvalue weighted by atomic mass is 10.0. The van der Waals surface area contributed by atoms with E-state index in [1.54, 1.807) is 0 Å². The molecule has 0 bridgehead atoms. The van der Waals surface area contributed by atoms with Gasteiger partial charge in [-0.3, -0.25) is 4.79 Å². The minimum absolute atomic E-state index is 0.0541. The Hall–Kier alpha value is -0.570. The van der Waals surface area contributed by atoms with Crippen LogP contribution in [0.4, 0.5) is 0 Å². The van der Waals surface area contributed by atoms with Crippen LogP contribution in [0, 0.1) is 11.8 Å². The first-order valence-electron chi connectivity index (χ1n) is 6.67. The molecule has 2 N–H and O–H groups in total. The Morgan fingerprint density at radius 3 is 2.81 bits per heavy atom. The Balaban J connectivity index is 2.50. The van der Waals surface area contributed by atoms with E-state index in [1.807, 2.05) is 4.90 Å². The third-order valence-electron chi connectivity index (χ3n) is 3.60. The normalized spacial score (nSPS) is 23.9. The molecule has 1 aliphatic rings. The van der Waals surface area contributed by atoms with Gasteiger partial charge in [-0.15, -0.1) is 0 Å². The number of nitrogens with zero attached hydrogens (tertiary/aromatic N) is 1. The van der Waals surface area contributed by atoms with E-state index in [0.29, 0.717) is 12.5 Å². The Bertz CT molecular complexity index is 218. The molecule has 2 atom stereocenters. The smallest absolute Gasteiger partial charge is 0.226 e. The summed E-state index contributed by atoms with van der Waals surface area (Å²) in [7, 11) is 0. The Morgan fingerprint density at radius 2 is 2.19 bits per heavy atom. The highest BCUT2D eigenvalue weighted by Crippen LogP contribution is 2.19. The Morgan fingerprint density at radius 1 is 1.44 bits per heavy atom. The van der Waals surface area contributed by atoms with Gasteiger partial charge in [-0.1, -0.05) is 20.3 Å². The van der Waals surface area contributed by atoms with Crippen molar-refractivity contribution in [2.24, 2.45) is 17.6 Å². The van der Waals surface area contributed by atoms with Gasteiger partial charge in [-0.05, 0) is 31.6 Å². The molecule has 0 radical (unpaired) electrons. The lowest BCUT2D eigenvalue weighted by Crippen LogP contribution is -2.39. The van der Waals surface area contributed by atoms with E-state index in [2.05, 4.69) is 13.8 Å². The Kier molecular flexibility index (Phi) is 5.81. The molecule has 0 aromatic rings. The summed E-state index contributed by atoms with van der Waals surface area (Å²) in [6.45, 7) is 6.75. The zero-order chi connectivity index (χ0) is 12.0. The fourth-order valence-corrected chi connectivity index (χ4v) is 2.43. The van der Waals surface area contributed by atoms with Crippen LogP contribution < -0.4 is 5.73 Å². The van der Waals surface area contributed by atoms with Crippen molar-refractivity contribution in [1.29, 1.82) is 0 Å². The van der Waals surface area contributed by atoms with Crippen molar-refractivity contribution >= 4 is 5.91 Å². The standard InChI is InChI=1S/C13H26N2O/c1-3-5-12(10-14)13(16)15-8-4-6-11(2)7-9-15/h11-12H,3-10,14H2,1-2H3. The van der Waals surface area contributed by atoms with Crippen LogP contribution >= 0.6 is 0 Å². The number of nitrogens with two attached hydrogens (primary N) is 1. The first-order chi connectivity index (χ1) is 7.69. The van der Waals surface area contributed by atoms with Crippen LogP contribution in [-0.2, 0) is 4.79 Å². The van der Waals surface area contributed by atoms with E-state index in [1.165, 1.54) is 6.42 Å². The van der Waals surface area contributed by atoms with Crippen LogP contribution in [0.1, 0.15) is 46.0 Å². The number of amides is 1. The van der Waals surface area contributed by atoms with E-state index >= 15 is 0 Å². The monoisotopic (exact) mass is 226 g/mol. The van der Waals surface area contributed by atoms with Crippen molar-refractivity contribution in [3.05, 3.63) is 0 Å². The third kappa shape index (κ3) is 3.78. The van der Waals surface area contributed by atoms with Crippen LogP contribution in [0.3, 0.4) is 0 Å². The molecule has 1 aliphatic heterocycles. The number of likely N-dealkylation sites (tertiary alicyclic amines) is 1. The SMILES string of the molecule is CCCC(CN)C(=O)N1CCCC(C)CC1. The van der Waals surface area contributed by atoms with Crippen LogP contribution in [0.15, 0.2) is 0 Å². The first-order valence-corrected chi connectivity index (χ1v) is 6.67. The maximum absolute atomic E-state index is 12.2. The summed E-state index contributed by atoms with van der Waals surface area (Å²) in [6, 6.07) is 0. The quantitative estimate of drug-likeness (QED) is 0.797. The van der Waals surface area contributed by atoms with Gasteiger partial charge in [0.05, 0.1) is 5.92 Å². The van der Waals surface area contributed by atoms with Crippen molar-refractivity contribution in [3.63, 3.8) is 0 Å². The van der Waals surface area contributed by atoms with Crippen molar-refractivity contribution in [3.8, 4) is 0 Å². The molecule has 1 rings (SSSR count). The number of carbonyl (C=O) groups excluding carboxylic acids is 1. The second kappa shape index (κ2) is 6.89. The zero-order valence-corrected chi connectivity index (χ0v) is 10.7. The van der Waals surface area contributed by atoms with Gasteiger partial charge < -0.3 is 10.6 Å². The summed E-state index contributed by atoms with van der Waals surface area (Å²) >= 11 is 0. The number of carbonyl (C=O) groups is 1. The Labute approximate surface area is 99.4 Å². The van der Waals surface area contributed by atoms with Crippen molar-refractivity contribution in [1.82, 2.24) is 4.90 Å². The summed E-state index contributed by atoms with van der Waals surface area (Å²) in [5.41, 5.74) is 5.69. The molecule has 0 aliphatic carbocycles. The van der Waals surface area contributed by atoms with Crippen LogP contribution in [-0.4, -0.2) is 30.4 Å². The minimum Gasteiger partial charge on any atom is -0.342 e. The molecule has 1 fully saturated rings. The van der Waals surface area contributed by atoms with Gasteiger partial charge in [0, 0.05) is 19.6 Å². The summed E-state index contributed by atoms with van der Waals surface area (Å²) < 4.78 is 0. The minimum atomic E-state index is 0.0541. The molecule has 3 heteroatoms. The predicted molar refractivity (Wildman–Crippen MR) is 67.0 cm³/mol. The summed E-state index contributed by atoms with van der Waals surface area (Å²) in [6.07, 6.45) is 5.52. The van der Waals surface area contributed by atoms with E-state index in [-0.39, 0.29) is 5.92 Å². The highest BCUT2D eigenvalue weighted by atomic mass is 16.2. The lowest BCUT2D eigenvalue weighted by Gasteiger charge is -2.25. The molecule has 0 aromatic carbocycles. The summed E-state index contributed by atoms with van der Waals surface area (Å²) in [5, 5.41) is 0. The molecule has 3 nitrogen and oxygen atoms in total. The molecule has 1 heterocycles. The lowest BCUT2D eigenvalue weighted by molar-refractivity contribution is -0.135. The van der Waals surface area contributed by atoms with Crippen LogP contribution in [0.2, 0.25) is 0 Å². The molecular weight excluding hydrogens is 200 g/mol. The summed E-state index contributed by atoms with van der Waals surface area (Å²) in [5.74, 6) is 1.11. The predicted octanol–water partition coefficient (Wildman–Crippen LogP) is 2.01. The van der Waals surface area contributed by atoms with Gasteiger partial charge >= 0.3 is 0 Å². The van der Waals surface area contributed by atoms with Gasteiger partial charge in [0.25, 0.3) is 0 Å². The van der Waals surface area contributed by atoms with Crippen molar-refractivity contribution in [2.45, 2.75) is 46.0 Å². The molecule has 0 saturated carbocycles. The maximum Gasteiger partial charge on any atom is 0.226 e. The zero-order valence-electron chi connectivity index (χ0n) is 10.7.